The molecule has 3 heterocycles. The van der Waals surface area contributed by atoms with Crippen LogP contribution in [-0.2, 0) is 9.47 Å². The second-order valence-electron chi connectivity index (χ2n) is 9.43. The third kappa shape index (κ3) is 4.48. The Morgan fingerprint density at radius 2 is 1.93 bits per heavy atom. The van der Waals surface area contributed by atoms with Gasteiger partial charge in [0.25, 0.3) is 0 Å². The lowest BCUT2D eigenvalue weighted by atomic mass is 9.79. The van der Waals surface area contributed by atoms with E-state index in [1.165, 1.54) is 12.8 Å². The molecular weight excluding hydrogens is 380 g/mol. The molecule has 30 heavy (non-hydrogen) atoms. The minimum absolute atomic E-state index is 0.136. The molecule has 0 radical (unpaired) electrons. The van der Waals surface area contributed by atoms with Gasteiger partial charge in [-0.25, -0.2) is 15.4 Å². The Morgan fingerprint density at radius 1 is 1.10 bits per heavy atom. The number of aromatic nitrogens is 2. The van der Waals surface area contributed by atoms with Gasteiger partial charge in [-0.3, -0.25) is 10.3 Å². The quantitative estimate of drug-likeness (QED) is 0.693. The van der Waals surface area contributed by atoms with Crippen molar-refractivity contribution >= 4 is 5.82 Å². The van der Waals surface area contributed by atoms with E-state index in [1.54, 1.807) is 13.4 Å². The highest BCUT2D eigenvalue weighted by molar-refractivity contribution is 5.40. The third-order valence-electron chi connectivity index (χ3n) is 7.22. The van der Waals surface area contributed by atoms with Crippen LogP contribution in [0, 0.1) is 5.92 Å². The lowest BCUT2D eigenvalue weighted by molar-refractivity contribution is -0.0623. The van der Waals surface area contributed by atoms with Crippen LogP contribution in [0.4, 0.5) is 5.82 Å². The molecule has 4 aliphatic rings. The summed E-state index contributed by atoms with van der Waals surface area (Å²) in [5.74, 6) is 1.55. The van der Waals surface area contributed by atoms with E-state index in [-0.39, 0.29) is 18.2 Å². The van der Waals surface area contributed by atoms with Gasteiger partial charge in [0.1, 0.15) is 12.1 Å². The molecule has 2 N–H and O–H groups in total. The summed E-state index contributed by atoms with van der Waals surface area (Å²) >= 11 is 0. The van der Waals surface area contributed by atoms with Crippen LogP contribution in [-0.4, -0.2) is 79.1 Å². The Balaban J connectivity index is 1.23. The number of anilines is 1. The molecule has 0 amide bonds. The van der Waals surface area contributed by atoms with Crippen LogP contribution in [0.2, 0.25) is 0 Å². The molecule has 8 heteroatoms. The number of ether oxygens (including phenoxy) is 2. The lowest BCUT2D eigenvalue weighted by Gasteiger charge is -2.36. The molecule has 2 saturated carbocycles. The van der Waals surface area contributed by atoms with Crippen molar-refractivity contribution in [2.75, 3.05) is 44.8 Å². The fraction of sp³-hybridized carbons (Fsp3) is 0.818. The summed E-state index contributed by atoms with van der Waals surface area (Å²) < 4.78 is 11.5. The predicted octanol–water partition coefficient (Wildman–Crippen LogP) is 1.50. The van der Waals surface area contributed by atoms with E-state index in [0.717, 1.165) is 63.0 Å². The largest absolute Gasteiger partial charge is 0.382 e. The molecule has 2 saturated heterocycles. The van der Waals surface area contributed by atoms with Crippen molar-refractivity contribution in [1.29, 1.82) is 0 Å². The topological polar surface area (TPSA) is 74.8 Å². The summed E-state index contributed by atoms with van der Waals surface area (Å²) in [6.07, 6.45) is 8.20. The molecular formula is C22H36N6O2. The number of fused-ring (bicyclic) bond motifs is 1. The SMILES string of the molecule is COC[C@H](C)OC1CCC2NNC(c3cc(N4CCN(C5CC5)CC4)ncn3)C2C1. The molecule has 1 aromatic rings. The normalized spacial score (nSPS) is 33.5. The summed E-state index contributed by atoms with van der Waals surface area (Å²) in [6, 6.07) is 3.74. The summed E-state index contributed by atoms with van der Waals surface area (Å²) in [6.45, 7) is 7.16. The third-order valence-corrected chi connectivity index (χ3v) is 7.22. The van der Waals surface area contributed by atoms with E-state index in [1.807, 2.05) is 0 Å². The number of nitrogens with one attached hydrogen (secondary N) is 2. The van der Waals surface area contributed by atoms with Crippen LogP contribution < -0.4 is 15.8 Å². The molecule has 5 rings (SSSR count). The lowest BCUT2D eigenvalue weighted by Crippen LogP contribution is -2.47. The fourth-order valence-electron chi connectivity index (χ4n) is 5.50. The highest BCUT2D eigenvalue weighted by Crippen LogP contribution is 2.39. The maximum absolute atomic E-state index is 6.25. The van der Waals surface area contributed by atoms with E-state index >= 15 is 0 Å². The standard InChI is InChI=1S/C22H36N6O2/c1-15(13-29-2)30-17-5-6-19-18(11-17)22(26-25-19)20-12-21(24-14-23-20)28-9-7-27(8-10-28)16-3-4-16/h12,14-19,22,25-26H,3-11,13H2,1-2H3/t15-,17?,18?,19?,22?/m0/s1. The van der Waals surface area contributed by atoms with E-state index in [2.05, 4.69) is 43.6 Å². The molecule has 2 aliphatic carbocycles. The Bertz CT molecular complexity index is 709. The Labute approximate surface area is 179 Å². The highest BCUT2D eigenvalue weighted by atomic mass is 16.5. The van der Waals surface area contributed by atoms with Gasteiger partial charge in [-0.2, -0.15) is 0 Å². The first-order valence-electron chi connectivity index (χ1n) is 11.7. The summed E-state index contributed by atoms with van der Waals surface area (Å²) in [5, 5.41) is 0. The average Bonchev–Trinajstić information content (AvgIpc) is 3.54. The average molecular weight is 417 g/mol. The molecule has 0 bridgehead atoms. The van der Waals surface area contributed by atoms with Crippen LogP contribution in [0.25, 0.3) is 0 Å². The van der Waals surface area contributed by atoms with Crippen LogP contribution in [0.5, 0.6) is 0 Å². The smallest absolute Gasteiger partial charge is 0.132 e. The summed E-state index contributed by atoms with van der Waals surface area (Å²) in [5.41, 5.74) is 8.14. The van der Waals surface area contributed by atoms with Gasteiger partial charge in [0, 0.05) is 57.4 Å². The fourth-order valence-corrected chi connectivity index (χ4v) is 5.50. The monoisotopic (exact) mass is 416 g/mol. The zero-order chi connectivity index (χ0) is 20.5. The van der Waals surface area contributed by atoms with Gasteiger partial charge in [-0.15, -0.1) is 0 Å². The van der Waals surface area contributed by atoms with Crippen LogP contribution in [0.15, 0.2) is 12.4 Å². The van der Waals surface area contributed by atoms with Crippen LogP contribution >= 0.6 is 0 Å². The van der Waals surface area contributed by atoms with Gasteiger partial charge in [-0.1, -0.05) is 0 Å². The molecule has 2 aliphatic heterocycles. The van der Waals surface area contributed by atoms with E-state index < -0.39 is 0 Å². The van der Waals surface area contributed by atoms with Crippen molar-refractivity contribution < 1.29 is 9.47 Å². The molecule has 4 fully saturated rings. The van der Waals surface area contributed by atoms with Gasteiger partial charge in [0.05, 0.1) is 30.6 Å². The number of piperazine rings is 1. The number of rotatable bonds is 7. The number of hydrogen-bond acceptors (Lipinski definition) is 8. The van der Waals surface area contributed by atoms with Gasteiger partial charge < -0.3 is 14.4 Å². The maximum Gasteiger partial charge on any atom is 0.132 e. The van der Waals surface area contributed by atoms with Gasteiger partial charge >= 0.3 is 0 Å². The molecule has 5 atom stereocenters. The van der Waals surface area contributed by atoms with E-state index in [0.29, 0.717) is 18.6 Å². The van der Waals surface area contributed by atoms with Crippen LogP contribution in [0.3, 0.4) is 0 Å². The number of nitrogens with zero attached hydrogens (tertiary/aromatic N) is 4. The van der Waals surface area contributed by atoms with Gasteiger partial charge in [0.15, 0.2) is 0 Å². The van der Waals surface area contributed by atoms with Gasteiger partial charge in [0.2, 0.25) is 0 Å². The van der Waals surface area contributed by atoms with Crippen molar-refractivity contribution in [3.05, 3.63) is 18.1 Å². The first-order chi connectivity index (χ1) is 14.7. The van der Waals surface area contributed by atoms with Crippen molar-refractivity contribution in [2.24, 2.45) is 5.92 Å². The number of methoxy groups -OCH3 is 1. The molecule has 0 aromatic carbocycles. The Hall–Kier alpha value is -1.32. The minimum atomic E-state index is 0.136. The first kappa shape index (κ1) is 20.6. The summed E-state index contributed by atoms with van der Waals surface area (Å²) in [7, 11) is 1.73. The molecule has 1 aromatic heterocycles. The Morgan fingerprint density at radius 3 is 2.70 bits per heavy atom. The zero-order valence-electron chi connectivity index (χ0n) is 18.3. The van der Waals surface area contributed by atoms with E-state index in [9.17, 15) is 0 Å². The highest BCUT2D eigenvalue weighted by Gasteiger charge is 2.42. The zero-order valence-corrected chi connectivity index (χ0v) is 18.3. The second-order valence-corrected chi connectivity index (χ2v) is 9.43. The number of hydrogen-bond donors (Lipinski definition) is 2. The first-order valence-corrected chi connectivity index (χ1v) is 11.7. The van der Waals surface area contributed by atoms with Crippen molar-refractivity contribution in [1.82, 2.24) is 25.7 Å². The van der Waals surface area contributed by atoms with E-state index in [4.69, 9.17) is 9.47 Å². The maximum atomic E-state index is 6.25. The second kappa shape index (κ2) is 9.04. The molecule has 0 spiro atoms. The van der Waals surface area contributed by atoms with Crippen molar-refractivity contribution in [3.8, 4) is 0 Å². The minimum Gasteiger partial charge on any atom is -0.382 e. The molecule has 8 nitrogen and oxygen atoms in total. The van der Waals surface area contributed by atoms with Crippen molar-refractivity contribution in [3.63, 3.8) is 0 Å². The summed E-state index contributed by atoms with van der Waals surface area (Å²) in [4.78, 5) is 14.3. The molecule has 166 valence electrons. The van der Waals surface area contributed by atoms with Gasteiger partial charge in [-0.05, 0) is 39.0 Å². The molecule has 4 unspecified atom stereocenters. The number of hydrazine groups is 1. The predicted molar refractivity (Wildman–Crippen MR) is 115 cm³/mol. The van der Waals surface area contributed by atoms with Crippen molar-refractivity contribution in [2.45, 2.75) is 69.4 Å². The Kier molecular flexibility index (Phi) is 6.20. The van der Waals surface area contributed by atoms with Crippen LogP contribution in [0.1, 0.15) is 50.8 Å².